The summed E-state index contributed by atoms with van der Waals surface area (Å²) in [6.45, 7) is 4.49. The molecule has 0 radical (unpaired) electrons. The van der Waals surface area contributed by atoms with Gasteiger partial charge in [-0.3, -0.25) is 4.79 Å². The van der Waals surface area contributed by atoms with Crippen molar-refractivity contribution in [2.24, 2.45) is 0 Å². The maximum atomic E-state index is 11.2. The molecule has 0 fully saturated rings. The molecule has 0 aromatic carbocycles. The predicted molar refractivity (Wildman–Crippen MR) is 63.7 cm³/mol. The van der Waals surface area contributed by atoms with Crippen LogP contribution in [-0.2, 0) is 9.53 Å². The molecule has 0 amide bonds. The molecule has 86 valence electrons. The van der Waals surface area contributed by atoms with E-state index in [9.17, 15) is 4.79 Å². The van der Waals surface area contributed by atoms with E-state index in [-0.39, 0.29) is 5.97 Å². The Labute approximate surface area is 93.0 Å². The van der Waals surface area contributed by atoms with Crippen molar-refractivity contribution >= 4 is 5.97 Å². The van der Waals surface area contributed by atoms with Crippen LogP contribution < -0.4 is 0 Å². The fourth-order valence-corrected chi connectivity index (χ4v) is 1.15. The lowest BCUT2D eigenvalue weighted by molar-refractivity contribution is -0.142. The molecule has 0 spiro atoms. The van der Waals surface area contributed by atoms with E-state index in [4.69, 9.17) is 4.74 Å². The number of carbonyl (C=O) groups excluding carboxylic acids is 1. The summed E-state index contributed by atoms with van der Waals surface area (Å²) < 4.78 is 5.01. The molecule has 0 aliphatic heterocycles. The van der Waals surface area contributed by atoms with E-state index in [1.54, 1.807) is 0 Å². The molecule has 2 heteroatoms. The molecule has 2 nitrogen and oxygen atoms in total. The smallest absolute Gasteiger partial charge is 0.306 e. The van der Waals surface area contributed by atoms with Gasteiger partial charge in [-0.2, -0.15) is 0 Å². The molecule has 15 heavy (non-hydrogen) atoms. The third-order valence-corrected chi connectivity index (χ3v) is 2.01. The van der Waals surface area contributed by atoms with Crippen LogP contribution >= 0.6 is 0 Å². The molecule has 0 saturated heterocycles. The van der Waals surface area contributed by atoms with Gasteiger partial charge in [-0.05, 0) is 19.4 Å². The first-order valence-electron chi connectivity index (χ1n) is 5.74. The lowest BCUT2D eigenvalue weighted by Gasteiger charge is -2.00. The Hall–Kier alpha value is -1.05. The average Bonchev–Trinajstić information content (AvgIpc) is 2.24. The molecule has 0 aliphatic rings. The highest BCUT2D eigenvalue weighted by Gasteiger charge is 1.99. The number of hydrogen-bond acceptors (Lipinski definition) is 2. The fraction of sp³-hybridized carbons (Fsp3) is 0.615. The second-order valence-corrected chi connectivity index (χ2v) is 3.45. The summed E-state index contributed by atoms with van der Waals surface area (Å²) in [4.78, 5) is 11.2. The summed E-state index contributed by atoms with van der Waals surface area (Å²) in [5, 5.41) is 0. The largest absolute Gasteiger partial charge is 0.461 e. The van der Waals surface area contributed by atoms with Crippen molar-refractivity contribution in [2.75, 3.05) is 6.61 Å². The minimum atomic E-state index is -0.0868. The van der Waals surface area contributed by atoms with Crippen LogP contribution in [0.3, 0.4) is 0 Å². The van der Waals surface area contributed by atoms with E-state index >= 15 is 0 Å². The highest BCUT2D eigenvalue weighted by atomic mass is 16.5. The van der Waals surface area contributed by atoms with Gasteiger partial charge in [0.05, 0.1) is 0 Å². The molecular weight excluding hydrogens is 188 g/mol. The maximum absolute atomic E-state index is 11.2. The van der Waals surface area contributed by atoms with Gasteiger partial charge in [0, 0.05) is 6.42 Å². The lowest BCUT2D eigenvalue weighted by atomic mass is 10.2. The van der Waals surface area contributed by atoms with Gasteiger partial charge in [0.15, 0.2) is 0 Å². The normalized spacial score (nSPS) is 11.3. The monoisotopic (exact) mass is 210 g/mol. The number of esters is 1. The van der Waals surface area contributed by atoms with Gasteiger partial charge in [-0.25, -0.2) is 0 Å². The van der Waals surface area contributed by atoms with Gasteiger partial charge in [0.2, 0.25) is 0 Å². The standard InChI is InChI=1S/C13H22O2/c1-3-5-7-9-11-13(14)15-12-10-8-6-4-2/h4,6,8,10H,3,5,7,9,11-12H2,1-2H3. The second kappa shape index (κ2) is 11.0. The van der Waals surface area contributed by atoms with Crippen molar-refractivity contribution in [1.29, 1.82) is 0 Å². The lowest BCUT2D eigenvalue weighted by Crippen LogP contribution is -2.03. The zero-order valence-electron chi connectivity index (χ0n) is 9.87. The van der Waals surface area contributed by atoms with Gasteiger partial charge in [0.25, 0.3) is 0 Å². The van der Waals surface area contributed by atoms with Crippen molar-refractivity contribution in [3.63, 3.8) is 0 Å². The van der Waals surface area contributed by atoms with Crippen molar-refractivity contribution in [3.05, 3.63) is 24.3 Å². The van der Waals surface area contributed by atoms with Gasteiger partial charge >= 0.3 is 5.97 Å². The van der Waals surface area contributed by atoms with E-state index in [0.717, 1.165) is 12.8 Å². The summed E-state index contributed by atoms with van der Waals surface area (Å²) >= 11 is 0. The molecule has 0 unspecified atom stereocenters. The number of ether oxygens (including phenoxy) is 1. The van der Waals surface area contributed by atoms with Crippen molar-refractivity contribution in [1.82, 2.24) is 0 Å². The number of unbranched alkanes of at least 4 members (excludes halogenated alkanes) is 3. The van der Waals surface area contributed by atoms with E-state index in [0.29, 0.717) is 13.0 Å². The molecule has 0 saturated carbocycles. The van der Waals surface area contributed by atoms with Crippen LogP contribution in [0.1, 0.15) is 46.0 Å². The minimum absolute atomic E-state index is 0.0868. The van der Waals surface area contributed by atoms with Crippen molar-refractivity contribution < 1.29 is 9.53 Å². The second-order valence-electron chi connectivity index (χ2n) is 3.45. The van der Waals surface area contributed by atoms with Crippen LogP contribution in [-0.4, -0.2) is 12.6 Å². The van der Waals surface area contributed by atoms with E-state index < -0.39 is 0 Å². The predicted octanol–water partition coefficient (Wildman–Crippen LogP) is 3.63. The first-order chi connectivity index (χ1) is 7.31. The molecule has 0 rings (SSSR count). The Morgan fingerprint density at radius 3 is 2.67 bits per heavy atom. The van der Waals surface area contributed by atoms with Crippen LogP contribution in [0.5, 0.6) is 0 Å². The molecule has 0 heterocycles. The molecule has 0 N–H and O–H groups in total. The molecular formula is C13H22O2. The number of carbonyl (C=O) groups is 1. The zero-order valence-corrected chi connectivity index (χ0v) is 9.87. The van der Waals surface area contributed by atoms with Crippen molar-refractivity contribution in [3.8, 4) is 0 Å². The summed E-state index contributed by atoms with van der Waals surface area (Å²) in [7, 11) is 0. The number of allylic oxidation sites excluding steroid dienone is 3. The average molecular weight is 210 g/mol. The fourth-order valence-electron chi connectivity index (χ4n) is 1.15. The SMILES string of the molecule is CC=CC=CCOC(=O)CCCCCC. The first-order valence-corrected chi connectivity index (χ1v) is 5.74. The highest BCUT2D eigenvalue weighted by molar-refractivity contribution is 5.69. The van der Waals surface area contributed by atoms with Crippen LogP contribution in [0.25, 0.3) is 0 Å². The van der Waals surface area contributed by atoms with Crippen LogP contribution in [0.2, 0.25) is 0 Å². The van der Waals surface area contributed by atoms with E-state index in [1.807, 2.05) is 31.2 Å². The van der Waals surface area contributed by atoms with Gasteiger partial charge in [-0.1, -0.05) is 44.4 Å². The first kappa shape index (κ1) is 13.9. The van der Waals surface area contributed by atoms with Gasteiger partial charge in [-0.15, -0.1) is 0 Å². The molecule has 0 aromatic rings. The topological polar surface area (TPSA) is 26.3 Å². The zero-order chi connectivity index (χ0) is 11.4. The van der Waals surface area contributed by atoms with E-state index in [2.05, 4.69) is 6.92 Å². The number of hydrogen-bond donors (Lipinski definition) is 0. The molecule has 0 aromatic heterocycles. The van der Waals surface area contributed by atoms with Crippen LogP contribution in [0.4, 0.5) is 0 Å². The Balaban J connectivity index is 3.33. The molecule has 0 aliphatic carbocycles. The van der Waals surface area contributed by atoms with Crippen LogP contribution in [0.15, 0.2) is 24.3 Å². The van der Waals surface area contributed by atoms with Gasteiger partial charge < -0.3 is 4.74 Å². The summed E-state index contributed by atoms with van der Waals surface area (Å²) in [6, 6.07) is 0. The summed E-state index contributed by atoms with van der Waals surface area (Å²) in [5.74, 6) is -0.0868. The summed E-state index contributed by atoms with van der Waals surface area (Å²) in [5.41, 5.74) is 0. The van der Waals surface area contributed by atoms with Crippen LogP contribution in [0, 0.1) is 0 Å². The third kappa shape index (κ3) is 10.9. The molecule has 0 bridgehead atoms. The summed E-state index contributed by atoms with van der Waals surface area (Å²) in [6.07, 6.45) is 12.6. The Morgan fingerprint density at radius 2 is 2.00 bits per heavy atom. The van der Waals surface area contributed by atoms with E-state index in [1.165, 1.54) is 12.8 Å². The Morgan fingerprint density at radius 1 is 1.20 bits per heavy atom. The third-order valence-electron chi connectivity index (χ3n) is 2.01. The minimum Gasteiger partial charge on any atom is -0.461 e. The molecule has 0 atom stereocenters. The number of rotatable bonds is 8. The van der Waals surface area contributed by atoms with Crippen molar-refractivity contribution in [2.45, 2.75) is 46.0 Å². The highest BCUT2D eigenvalue weighted by Crippen LogP contribution is 2.03. The Bertz CT molecular complexity index is 205. The van der Waals surface area contributed by atoms with Gasteiger partial charge in [0.1, 0.15) is 6.61 Å². The quantitative estimate of drug-likeness (QED) is 0.347. The maximum Gasteiger partial charge on any atom is 0.306 e. The Kier molecular flexibility index (Phi) is 10.3.